The first kappa shape index (κ1) is 90.3. The summed E-state index contributed by atoms with van der Waals surface area (Å²) in [7, 11) is 6.04. The van der Waals surface area contributed by atoms with Gasteiger partial charge in [0.05, 0.1) is 121 Å². The lowest BCUT2D eigenvalue weighted by Crippen LogP contribution is -2.61. The van der Waals surface area contributed by atoms with Crippen LogP contribution in [0.5, 0.6) is 0 Å². The number of nitrogens with zero attached hydrogens (tertiary/aromatic N) is 6. The fraction of sp³-hybridized carbons (Fsp3) is 0.662. The van der Waals surface area contributed by atoms with Gasteiger partial charge in [0, 0.05) is 106 Å². The van der Waals surface area contributed by atoms with Crippen LogP contribution in [-0.4, -0.2) is 300 Å². The second kappa shape index (κ2) is 47.6. The highest BCUT2D eigenvalue weighted by molar-refractivity contribution is 6.12. The van der Waals surface area contributed by atoms with E-state index in [-0.39, 0.29) is 95.5 Å². The third-order valence-corrected chi connectivity index (χ3v) is 20.0. The molecule has 2 fully saturated rings. The molecule has 602 valence electrons. The van der Waals surface area contributed by atoms with Crippen molar-refractivity contribution in [1.82, 2.24) is 61.3 Å². The highest BCUT2D eigenvalue weighted by atomic mass is 16.5. The number of benzene rings is 2. The molecule has 7 N–H and O–H groups in total. The van der Waals surface area contributed by atoms with Gasteiger partial charge in [-0.1, -0.05) is 116 Å². The molecule has 11 atom stereocenters. The summed E-state index contributed by atoms with van der Waals surface area (Å²) in [5, 5.41) is 27.2. The Kier molecular flexibility index (Phi) is 39.8. The summed E-state index contributed by atoms with van der Waals surface area (Å²) in [6.07, 6.45) is 2.22. The first-order chi connectivity index (χ1) is 51.6. The van der Waals surface area contributed by atoms with Gasteiger partial charge in [0.15, 0.2) is 0 Å². The first-order valence-electron chi connectivity index (χ1n) is 37.8. The Morgan fingerprint density at radius 2 is 1.18 bits per heavy atom. The molecule has 3 aliphatic rings. The Morgan fingerprint density at radius 3 is 1.74 bits per heavy atom. The van der Waals surface area contributed by atoms with E-state index in [9.17, 15) is 62.6 Å². The van der Waals surface area contributed by atoms with Gasteiger partial charge in [0.2, 0.25) is 59.1 Å². The SMILES string of the molecule is CC[C@H](C)[C@@H]([C@@H](CC(=O)N1CCC[C@@H]1[C@H](OC)[C@@H](C)C(=O)N[C@H](C)[C@@H](O)c1ccccc1)OC)N(C)C(=O)[C@@H](NC(=O)[C@H](C(C)C)N(C)C(=O)CNC(=O)[C@H](Cc1ccccc1)NC(=O)CNC(=O)CNC(=O)CCN1CCOCCOCCN(C(=O)CCCN2C(=O)C=CC2=O)CCOCCOCC1)C(C)C. The number of methoxy groups -OCH3 is 2. The van der Waals surface area contributed by atoms with E-state index in [1.807, 2.05) is 36.9 Å². The topological polar surface area (TPSA) is 372 Å². The van der Waals surface area contributed by atoms with Gasteiger partial charge in [-0.05, 0) is 55.1 Å². The maximum atomic E-state index is 14.9. The number of ether oxygens (including phenoxy) is 6. The number of imide groups is 1. The maximum Gasteiger partial charge on any atom is 0.253 e. The van der Waals surface area contributed by atoms with Crippen molar-refractivity contribution in [2.24, 2.45) is 23.7 Å². The molecule has 12 amide bonds. The molecule has 0 unspecified atom stereocenters. The lowest BCUT2D eigenvalue weighted by Gasteiger charge is -2.41. The molecule has 0 spiro atoms. The van der Waals surface area contributed by atoms with Crippen LogP contribution in [0.1, 0.15) is 118 Å². The van der Waals surface area contributed by atoms with Crippen molar-refractivity contribution in [1.29, 1.82) is 0 Å². The molecule has 0 saturated carbocycles. The van der Waals surface area contributed by atoms with Crippen molar-refractivity contribution >= 4 is 70.9 Å². The largest absolute Gasteiger partial charge is 0.386 e. The number of nitrogens with one attached hydrogen (secondary N) is 6. The molecule has 0 aromatic heterocycles. The molecular formula is C77H120N12O19. The predicted octanol–water partition coefficient (Wildman–Crippen LogP) is 1.15. The molecule has 0 bridgehead atoms. The van der Waals surface area contributed by atoms with Gasteiger partial charge in [0.25, 0.3) is 11.8 Å². The van der Waals surface area contributed by atoms with Crippen molar-refractivity contribution < 1.29 is 91.1 Å². The second-order valence-electron chi connectivity index (χ2n) is 28.4. The number of aliphatic hydroxyl groups excluding tert-OH is 1. The van der Waals surface area contributed by atoms with Crippen LogP contribution in [0.15, 0.2) is 72.8 Å². The molecule has 108 heavy (non-hydrogen) atoms. The molecule has 3 aliphatic heterocycles. The van der Waals surface area contributed by atoms with Gasteiger partial charge in [0.1, 0.15) is 18.1 Å². The molecule has 31 heteroatoms. The van der Waals surface area contributed by atoms with Gasteiger partial charge in [-0.15, -0.1) is 0 Å². The average molecular weight is 1520 g/mol. The summed E-state index contributed by atoms with van der Waals surface area (Å²) in [6, 6.07) is 12.7. The molecule has 0 aliphatic carbocycles. The molecule has 2 saturated heterocycles. The lowest BCUT2D eigenvalue weighted by atomic mass is 9.89. The Balaban J connectivity index is 1.09. The van der Waals surface area contributed by atoms with Crippen LogP contribution in [-0.2, 0) is 92.4 Å². The Labute approximate surface area is 636 Å². The Hall–Kier alpha value is -8.30. The van der Waals surface area contributed by atoms with Crippen molar-refractivity contribution in [3.8, 4) is 0 Å². The van der Waals surface area contributed by atoms with Gasteiger partial charge in [-0.3, -0.25) is 67.3 Å². The number of carbonyl (C=O) groups is 12. The highest BCUT2D eigenvalue weighted by Gasteiger charge is 2.44. The molecule has 3 heterocycles. The summed E-state index contributed by atoms with van der Waals surface area (Å²) in [5.41, 5.74) is 1.33. The van der Waals surface area contributed by atoms with E-state index < -0.39 is 145 Å². The zero-order valence-corrected chi connectivity index (χ0v) is 65.3. The number of hydrogen-bond acceptors (Lipinski definition) is 20. The predicted molar refractivity (Wildman–Crippen MR) is 400 cm³/mol. The minimum absolute atomic E-state index is 0.000667. The number of aliphatic hydroxyl groups is 1. The van der Waals surface area contributed by atoms with E-state index >= 15 is 0 Å². The number of carbonyl (C=O) groups excluding carboxylic acids is 12. The van der Waals surface area contributed by atoms with E-state index in [2.05, 4.69) is 31.9 Å². The molecule has 2 aromatic rings. The van der Waals surface area contributed by atoms with Crippen LogP contribution in [0.2, 0.25) is 0 Å². The zero-order valence-electron chi connectivity index (χ0n) is 65.3. The zero-order chi connectivity index (χ0) is 79.4. The van der Waals surface area contributed by atoms with Gasteiger partial charge >= 0.3 is 0 Å². The molecule has 2 aromatic carbocycles. The lowest BCUT2D eigenvalue weighted by molar-refractivity contribution is -0.148. The van der Waals surface area contributed by atoms with E-state index in [1.165, 1.54) is 43.2 Å². The van der Waals surface area contributed by atoms with Gasteiger partial charge in [-0.2, -0.15) is 0 Å². The summed E-state index contributed by atoms with van der Waals surface area (Å²) in [4.78, 5) is 171. The van der Waals surface area contributed by atoms with E-state index in [4.69, 9.17) is 28.4 Å². The summed E-state index contributed by atoms with van der Waals surface area (Å²) >= 11 is 0. The van der Waals surface area contributed by atoms with Crippen LogP contribution in [0, 0.1) is 23.7 Å². The third-order valence-electron chi connectivity index (χ3n) is 20.0. The normalized spacial score (nSPS) is 18.7. The summed E-state index contributed by atoms with van der Waals surface area (Å²) in [5.74, 6) is -7.67. The van der Waals surface area contributed by atoms with Gasteiger partial charge in [-0.25, -0.2) is 0 Å². The summed E-state index contributed by atoms with van der Waals surface area (Å²) < 4.78 is 35.2. The molecule has 0 radical (unpaired) electrons. The van der Waals surface area contributed by atoms with Crippen LogP contribution in [0.4, 0.5) is 0 Å². The minimum Gasteiger partial charge on any atom is -0.386 e. The number of amides is 12. The van der Waals surface area contributed by atoms with Crippen LogP contribution >= 0.6 is 0 Å². The fourth-order valence-electron chi connectivity index (χ4n) is 13.5. The fourth-order valence-corrected chi connectivity index (χ4v) is 13.5. The Morgan fingerprint density at radius 1 is 0.602 bits per heavy atom. The minimum atomic E-state index is -1.23. The first-order valence-corrected chi connectivity index (χ1v) is 37.8. The van der Waals surface area contributed by atoms with E-state index in [1.54, 1.807) is 101 Å². The van der Waals surface area contributed by atoms with Crippen LogP contribution in [0.25, 0.3) is 0 Å². The smallest absolute Gasteiger partial charge is 0.253 e. The molecule has 31 nitrogen and oxygen atoms in total. The second-order valence-corrected chi connectivity index (χ2v) is 28.4. The van der Waals surface area contributed by atoms with Crippen molar-refractivity contribution in [2.75, 3.05) is 147 Å². The highest BCUT2D eigenvalue weighted by Crippen LogP contribution is 2.31. The van der Waals surface area contributed by atoms with Crippen molar-refractivity contribution in [3.05, 3.63) is 83.9 Å². The molecule has 5 rings (SSSR count). The molecular weight excluding hydrogens is 1400 g/mol. The quantitative estimate of drug-likeness (QED) is 0.0467. The van der Waals surface area contributed by atoms with Crippen molar-refractivity contribution in [2.45, 2.75) is 161 Å². The van der Waals surface area contributed by atoms with Crippen molar-refractivity contribution in [3.63, 3.8) is 0 Å². The van der Waals surface area contributed by atoms with E-state index in [0.717, 1.165) is 4.90 Å². The number of rotatable bonds is 37. The standard InChI is InChI=1S/C77H120N12O19/c1-13-53(6)71(60(103-11)47-67(96)88-31-20-26-59(88)73(104-12)54(7)74(99)81-55(8)72(98)57-24-18-15-19-25-57)85(10)77(102)69(51(2)3)83-76(101)70(52(4)5)84(9)68(97)50-80-75(100)58(46-56-22-16-14-17-23-56)82-63(92)49-79-62(91)48-78-61(90)30-33-86-34-38-105-42-44-107-40-36-87(37-41-108-45-43-106-39-35-86)64(93)27-21-32-89-65(94)28-29-66(89)95/h14-19,22-25,28-29,51-55,58-60,69-73,98H,13,20-21,26-27,30-50H2,1-12H3,(H,78,90)(H,79,91)(H,80,100)(H,81,99)(H,82,92)(H,83,101)/t53-,54+,55+,58-,59+,60+,69-,70-,71-,72+,73+/m0/s1. The summed E-state index contributed by atoms with van der Waals surface area (Å²) in [6.45, 7) is 17.5. The monoisotopic (exact) mass is 1520 g/mol. The van der Waals surface area contributed by atoms with Crippen LogP contribution < -0.4 is 31.9 Å². The van der Waals surface area contributed by atoms with Gasteiger partial charge < -0.3 is 85.0 Å². The van der Waals surface area contributed by atoms with E-state index in [0.29, 0.717) is 89.3 Å². The number of likely N-dealkylation sites (N-methyl/N-ethyl adjacent to an activating group) is 2. The Bertz CT molecular complexity index is 3200. The average Bonchev–Trinajstić information content (AvgIpc) is 1.41. The number of likely N-dealkylation sites (tertiary alicyclic amines) is 1. The van der Waals surface area contributed by atoms with Crippen LogP contribution in [0.3, 0.4) is 0 Å². The number of hydrogen-bond donors (Lipinski definition) is 7. The third kappa shape index (κ3) is 29.3. The maximum absolute atomic E-state index is 14.9.